The summed E-state index contributed by atoms with van der Waals surface area (Å²) in [5, 5.41) is 7.29. The monoisotopic (exact) mass is 829 g/mol. The molecular weight excluding hydrogens is 787 g/mol. The maximum Gasteiger partial charge on any atom is 0.0709 e. The average molecular weight is 830 g/mol. The Hall–Kier alpha value is -8.66. The van der Waals surface area contributed by atoms with Crippen LogP contribution in [0.3, 0.4) is 0 Å². The maximum absolute atomic E-state index is 2.45. The van der Waals surface area contributed by atoms with Crippen molar-refractivity contribution in [1.29, 1.82) is 0 Å². The van der Waals surface area contributed by atoms with E-state index in [4.69, 9.17) is 0 Å². The van der Waals surface area contributed by atoms with Gasteiger partial charge in [-0.1, -0.05) is 176 Å². The van der Waals surface area contributed by atoms with Crippen LogP contribution in [0.4, 0.5) is 34.1 Å². The van der Waals surface area contributed by atoms with Gasteiger partial charge in [-0.25, -0.2) is 0 Å². The van der Waals surface area contributed by atoms with Crippen molar-refractivity contribution in [3.8, 4) is 27.9 Å². The molecule has 0 spiro atoms. The van der Waals surface area contributed by atoms with Gasteiger partial charge in [0.25, 0.3) is 0 Å². The van der Waals surface area contributed by atoms with E-state index in [1.54, 1.807) is 0 Å². The SMILES string of the molecule is c1ccc(-c2ccc(N(c3ccccc3)c3cc4ccc5c(c4cc3N(c3ccccc3)c3ccc(-c4ccccc4)cc3)c3c4ccccc4ccc3n5-c3ccccc3)cc2)cc1. The van der Waals surface area contributed by atoms with Gasteiger partial charge in [-0.3, -0.25) is 0 Å². The van der Waals surface area contributed by atoms with Crippen molar-refractivity contribution in [1.82, 2.24) is 4.57 Å². The van der Waals surface area contributed by atoms with Gasteiger partial charge in [-0.05, 0) is 129 Å². The van der Waals surface area contributed by atoms with Crippen molar-refractivity contribution in [2.75, 3.05) is 9.80 Å². The molecule has 0 fully saturated rings. The van der Waals surface area contributed by atoms with E-state index in [1.807, 2.05) is 0 Å². The van der Waals surface area contributed by atoms with Crippen molar-refractivity contribution in [2.24, 2.45) is 0 Å². The van der Waals surface area contributed by atoms with Crippen LogP contribution < -0.4 is 9.80 Å². The van der Waals surface area contributed by atoms with E-state index in [2.05, 4.69) is 275 Å². The zero-order valence-corrected chi connectivity index (χ0v) is 35.7. The highest BCUT2D eigenvalue weighted by molar-refractivity contribution is 6.29. The first-order valence-electron chi connectivity index (χ1n) is 22.3. The number of para-hydroxylation sites is 3. The van der Waals surface area contributed by atoms with Gasteiger partial charge in [-0.2, -0.15) is 0 Å². The van der Waals surface area contributed by atoms with Crippen molar-refractivity contribution in [2.45, 2.75) is 0 Å². The second kappa shape index (κ2) is 16.2. The minimum Gasteiger partial charge on any atom is -0.309 e. The largest absolute Gasteiger partial charge is 0.309 e. The summed E-state index contributed by atoms with van der Waals surface area (Å²) in [6.45, 7) is 0. The van der Waals surface area contributed by atoms with Crippen molar-refractivity contribution < 1.29 is 0 Å². The van der Waals surface area contributed by atoms with Crippen LogP contribution in [0.2, 0.25) is 0 Å². The first kappa shape index (κ1) is 38.0. The highest BCUT2D eigenvalue weighted by Gasteiger charge is 2.26. The Bertz CT molecular complexity index is 3600. The molecular formula is C62H43N3. The number of nitrogens with zero attached hydrogens (tertiary/aromatic N) is 3. The molecule has 1 heterocycles. The minimum absolute atomic E-state index is 1.06. The van der Waals surface area contributed by atoms with Crippen LogP contribution in [0, 0.1) is 0 Å². The van der Waals surface area contributed by atoms with Gasteiger partial charge < -0.3 is 14.4 Å². The summed E-state index contributed by atoms with van der Waals surface area (Å²) in [6.07, 6.45) is 0. The molecule has 0 N–H and O–H groups in total. The fourth-order valence-electron chi connectivity index (χ4n) is 9.71. The molecule has 0 amide bonds. The summed E-state index contributed by atoms with van der Waals surface area (Å²) in [5.41, 5.74) is 14.6. The maximum atomic E-state index is 2.45. The molecule has 0 atom stereocenters. The highest BCUT2D eigenvalue weighted by atomic mass is 15.2. The van der Waals surface area contributed by atoms with Crippen LogP contribution in [0.15, 0.2) is 261 Å². The van der Waals surface area contributed by atoms with E-state index in [0.29, 0.717) is 0 Å². The topological polar surface area (TPSA) is 11.4 Å². The van der Waals surface area contributed by atoms with E-state index in [-0.39, 0.29) is 0 Å². The van der Waals surface area contributed by atoms with E-state index in [0.717, 1.165) is 45.2 Å². The molecule has 0 aliphatic carbocycles. The van der Waals surface area contributed by atoms with E-state index in [9.17, 15) is 0 Å². The van der Waals surface area contributed by atoms with Crippen LogP contribution in [-0.2, 0) is 0 Å². The standard InChI is InChI=1S/C62H43N3/c1-6-18-44(19-7-1)46-30-36-53(37-31-46)63(50-23-10-3-11-24-50)59-42-49-35-41-58-62(61-55-29-17-16-22-48(55)34-40-57(61)65(58)52-27-14-5-15-28-52)56(49)43-60(59)64(51-25-12-4-13-26-51)54-38-32-47(33-39-54)45-20-8-2-9-21-45/h1-43H. The van der Waals surface area contributed by atoms with Crippen LogP contribution in [0.5, 0.6) is 0 Å². The van der Waals surface area contributed by atoms with E-state index < -0.39 is 0 Å². The Morgan fingerprint density at radius 1 is 0.262 bits per heavy atom. The van der Waals surface area contributed by atoms with Gasteiger partial charge >= 0.3 is 0 Å². The average Bonchev–Trinajstić information content (AvgIpc) is 3.74. The molecule has 65 heavy (non-hydrogen) atoms. The molecule has 1 aromatic heterocycles. The third-order valence-electron chi connectivity index (χ3n) is 12.7. The Morgan fingerprint density at radius 2 is 0.646 bits per heavy atom. The van der Waals surface area contributed by atoms with Gasteiger partial charge in [0, 0.05) is 39.2 Å². The normalized spacial score (nSPS) is 11.4. The van der Waals surface area contributed by atoms with Crippen LogP contribution in [-0.4, -0.2) is 4.57 Å². The lowest BCUT2D eigenvalue weighted by atomic mass is 9.97. The molecule has 3 nitrogen and oxygen atoms in total. The van der Waals surface area contributed by atoms with Crippen molar-refractivity contribution in [3.63, 3.8) is 0 Å². The second-order valence-corrected chi connectivity index (χ2v) is 16.5. The molecule has 0 saturated carbocycles. The number of rotatable bonds is 9. The second-order valence-electron chi connectivity index (χ2n) is 16.5. The van der Waals surface area contributed by atoms with Gasteiger partial charge in [0.15, 0.2) is 0 Å². The zero-order chi connectivity index (χ0) is 43.1. The molecule has 0 saturated heterocycles. The minimum atomic E-state index is 1.06. The molecule has 306 valence electrons. The lowest BCUT2D eigenvalue weighted by molar-refractivity contribution is 1.18. The molecule has 0 aliphatic heterocycles. The molecule has 0 bridgehead atoms. The predicted molar refractivity (Wildman–Crippen MR) is 276 cm³/mol. The Labute approximate surface area is 378 Å². The zero-order valence-electron chi connectivity index (χ0n) is 35.7. The fraction of sp³-hybridized carbons (Fsp3) is 0. The summed E-state index contributed by atoms with van der Waals surface area (Å²) in [7, 11) is 0. The van der Waals surface area contributed by atoms with Gasteiger partial charge in [0.1, 0.15) is 0 Å². The Balaban J connectivity index is 1.19. The number of hydrogen-bond acceptors (Lipinski definition) is 2. The van der Waals surface area contributed by atoms with Gasteiger partial charge in [-0.15, -0.1) is 0 Å². The number of benzene rings is 11. The Kier molecular flexibility index (Phi) is 9.50. The molecule has 12 aromatic rings. The van der Waals surface area contributed by atoms with Crippen LogP contribution in [0.25, 0.3) is 71.3 Å². The number of hydrogen-bond donors (Lipinski definition) is 0. The quantitative estimate of drug-likeness (QED) is 0.144. The molecule has 11 aromatic carbocycles. The Morgan fingerprint density at radius 3 is 1.17 bits per heavy atom. The predicted octanol–water partition coefficient (Wildman–Crippen LogP) is 17.4. The van der Waals surface area contributed by atoms with E-state index in [1.165, 1.54) is 60.2 Å². The summed E-state index contributed by atoms with van der Waals surface area (Å²) in [6, 6.07) is 94.5. The van der Waals surface area contributed by atoms with Crippen LogP contribution in [0.1, 0.15) is 0 Å². The molecule has 0 aliphatic rings. The molecule has 0 radical (unpaired) electrons. The number of aromatic nitrogens is 1. The number of anilines is 6. The van der Waals surface area contributed by atoms with Crippen LogP contribution >= 0.6 is 0 Å². The summed E-state index contributed by atoms with van der Waals surface area (Å²) in [4.78, 5) is 4.86. The lowest BCUT2D eigenvalue weighted by Gasteiger charge is -2.34. The fourth-order valence-corrected chi connectivity index (χ4v) is 9.71. The molecule has 0 unspecified atom stereocenters. The first-order valence-corrected chi connectivity index (χ1v) is 22.3. The van der Waals surface area contributed by atoms with Gasteiger partial charge in [0.2, 0.25) is 0 Å². The third-order valence-corrected chi connectivity index (χ3v) is 12.7. The summed E-state index contributed by atoms with van der Waals surface area (Å²) < 4.78 is 2.44. The molecule has 12 rings (SSSR count). The highest BCUT2D eigenvalue weighted by Crippen LogP contribution is 2.50. The first-order chi connectivity index (χ1) is 32.3. The number of fused-ring (bicyclic) bond motifs is 7. The van der Waals surface area contributed by atoms with Crippen molar-refractivity contribution >= 4 is 77.5 Å². The smallest absolute Gasteiger partial charge is 0.0709 e. The summed E-state index contributed by atoms with van der Waals surface area (Å²) in [5.74, 6) is 0. The van der Waals surface area contributed by atoms with Gasteiger partial charge in [0.05, 0.1) is 22.4 Å². The summed E-state index contributed by atoms with van der Waals surface area (Å²) >= 11 is 0. The lowest BCUT2D eigenvalue weighted by Crippen LogP contribution is -2.17. The van der Waals surface area contributed by atoms with E-state index >= 15 is 0 Å². The van der Waals surface area contributed by atoms with Crippen molar-refractivity contribution in [3.05, 3.63) is 261 Å². The third kappa shape index (κ3) is 6.78. The molecule has 3 heteroatoms.